The Hall–Kier alpha value is -0.120. The maximum absolute atomic E-state index is 2.56. The Morgan fingerprint density at radius 3 is 1.94 bits per heavy atom. The number of nitrogens with zero attached hydrogens (tertiary/aromatic N) is 1. The SMILES string of the molecule is CCP(CC)c1ccccc1N(C)P(CC)CC. The van der Waals surface area contributed by atoms with E-state index < -0.39 is 0 Å². The van der Waals surface area contributed by atoms with Gasteiger partial charge in [0.15, 0.2) is 0 Å². The van der Waals surface area contributed by atoms with Crippen LogP contribution in [0.2, 0.25) is 0 Å². The minimum atomic E-state index is -0.00101. The lowest BCUT2D eigenvalue weighted by molar-refractivity contribution is 1.27. The topological polar surface area (TPSA) is 3.24 Å². The van der Waals surface area contributed by atoms with Crippen molar-refractivity contribution in [1.29, 1.82) is 0 Å². The molecule has 0 aliphatic carbocycles. The maximum atomic E-state index is 2.56. The normalized spacial score (nSPS) is 11.3. The predicted octanol–water partition coefficient (Wildman–Crippen LogP) is 4.71. The van der Waals surface area contributed by atoms with Crippen molar-refractivity contribution < 1.29 is 0 Å². The average molecular weight is 283 g/mol. The molecule has 1 rings (SSSR count). The molecule has 1 aromatic carbocycles. The van der Waals surface area contributed by atoms with Crippen molar-refractivity contribution >= 4 is 27.0 Å². The van der Waals surface area contributed by atoms with E-state index in [1.807, 2.05) is 0 Å². The fraction of sp³-hybridized carbons (Fsp3) is 0.600. The van der Waals surface area contributed by atoms with Crippen LogP contribution in [0, 0.1) is 0 Å². The summed E-state index contributed by atoms with van der Waals surface area (Å²) in [7, 11) is 2.32. The van der Waals surface area contributed by atoms with E-state index in [1.165, 1.54) is 30.3 Å². The van der Waals surface area contributed by atoms with Crippen molar-refractivity contribution in [3.63, 3.8) is 0 Å². The maximum Gasteiger partial charge on any atom is 0.0474 e. The Bertz CT molecular complexity index is 346. The van der Waals surface area contributed by atoms with Gasteiger partial charge in [-0.05, 0) is 44.1 Å². The first-order valence-corrected chi connectivity index (χ1v) is 10.4. The van der Waals surface area contributed by atoms with E-state index in [0.29, 0.717) is 0 Å². The van der Waals surface area contributed by atoms with Crippen LogP contribution in [-0.4, -0.2) is 31.7 Å². The number of hydrogen-bond donors (Lipinski definition) is 0. The first-order valence-electron chi connectivity index (χ1n) is 7.02. The average Bonchev–Trinajstić information content (AvgIpc) is 2.42. The molecule has 0 N–H and O–H groups in total. The Morgan fingerprint density at radius 1 is 0.889 bits per heavy atom. The summed E-state index contributed by atoms with van der Waals surface area (Å²) in [5.74, 6) is 0. The first kappa shape index (κ1) is 15.9. The Balaban J connectivity index is 3.07. The van der Waals surface area contributed by atoms with Crippen molar-refractivity contribution in [2.24, 2.45) is 0 Å². The summed E-state index contributed by atoms with van der Waals surface area (Å²) in [4.78, 5) is 0. The number of rotatable bonds is 7. The third kappa shape index (κ3) is 3.69. The van der Waals surface area contributed by atoms with Crippen LogP contribution in [0.5, 0.6) is 0 Å². The van der Waals surface area contributed by atoms with E-state index in [0.717, 1.165) is 0 Å². The molecule has 18 heavy (non-hydrogen) atoms. The van der Waals surface area contributed by atoms with Crippen LogP contribution in [0.25, 0.3) is 0 Å². The molecule has 3 heteroatoms. The van der Waals surface area contributed by atoms with Gasteiger partial charge in [0.05, 0.1) is 0 Å². The monoisotopic (exact) mass is 283 g/mol. The van der Waals surface area contributed by atoms with Gasteiger partial charge in [-0.1, -0.05) is 53.8 Å². The van der Waals surface area contributed by atoms with Crippen LogP contribution < -0.4 is 9.97 Å². The standard InChI is InChI=1S/C15H27NP2/c1-6-17(7-2)15-13-11-10-12-14(15)16(5)18(8-3)9-4/h10-13H,6-9H2,1-5H3. The van der Waals surface area contributed by atoms with Gasteiger partial charge >= 0.3 is 0 Å². The Kier molecular flexibility index (Phi) is 7.20. The van der Waals surface area contributed by atoms with Crippen molar-refractivity contribution in [3.8, 4) is 0 Å². The largest absolute Gasteiger partial charge is 0.353 e. The van der Waals surface area contributed by atoms with Gasteiger partial charge in [0.25, 0.3) is 0 Å². The van der Waals surface area contributed by atoms with Gasteiger partial charge in [0.1, 0.15) is 0 Å². The molecule has 102 valence electrons. The van der Waals surface area contributed by atoms with Crippen molar-refractivity contribution in [2.45, 2.75) is 27.7 Å². The molecule has 1 nitrogen and oxygen atoms in total. The quantitative estimate of drug-likeness (QED) is 0.655. The highest BCUT2D eigenvalue weighted by Gasteiger charge is 2.17. The van der Waals surface area contributed by atoms with Crippen LogP contribution in [0.3, 0.4) is 0 Å². The van der Waals surface area contributed by atoms with Gasteiger partial charge in [-0.15, -0.1) is 0 Å². The lowest BCUT2D eigenvalue weighted by atomic mass is 10.3. The number of para-hydroxylation sites is 1. The molecule has 0 fully saturated rings. The highest BCUT2D eigenvalue weighted by molar-refractivity contribution is 7.66. The Morgan fingerprint density at radius 2 is 1.44 bits per heavy atom. The lowest BCUT2D eigenvalue weighted by Crippen LogP contribution is -2.20. The van der Waals surface area contributed by atoms with Crippen molar-refractivity contribution in [3.05, 3.63) is 24.3 Å². The zero-order chi connectivity index (χ0) is 13.5. The fourth-order valence-electron chi connectivity index (χ4n) is 2.37. The summed E-state index contributed by atoms with van der Waals surface area (Å²) in [5, 5.41) is 1.61. The van der Waals surface area contributed by atoms with Crippen molar-refractivity contribution in [2.75, 3.05) is 36.4 Å². The molecule has 0 radical (unpaired) electrons. The third-order valence-electron chi connectivity index (χ3n) is 3.49. The molecule has 0 aliphatic heterocycles. The van der Waals surface area contributed by atoms with E-state index in [4.69, 9.17) is 0 Å². The van der Waals surface area contributed by atoms with Crippen LogP contribution >= 0.6 is 16.0 Å². The van der Waals surface area contributed by atoms with E-state index >= 15 is 0 Å². The summed E-state index contributed by atoms with van der Waals surface area (Å²) in [6, 6.07) is 9.06. The number of hydrogen-bond acceptors (Lipinski definition) is 1. The summed E-state index contributed by atoms with van der Waals surface area (Å²) in [5.41, 5.74) is 1.49. The molecule has 0 atom stereocenters. The molecule has 0 spiro atoms. The molecule has 1 aromatic rings. The zero-order valence-electron chi connectivity index (χ0n) is 12.5. The second-order valence-corrected chi connectivity index (χ2v) is 10.0. The summed E-state index contributed by atoms with van der Waals surface area (Å²) in [6.07, 6.45) is 5.17. The second kappa shape index (κ2) is 8.13. The predicted molar refractivity (Wildman–Crippen MR) is 90.5 cm³/mol. The van der Waals surface area contributed by atoms with Crippen LogP contribution in [0.4, 0.5) is 5.69 Å². The van der Waals surface area contributed by atoms with E-state index in [1.54, 1.807) is 5.30 Å². The molecule has 0 aromatic heterocycles. The molecule has 0 saturated heterocycles. The lowest BCUT2D eigenvalue weighted by Gasteiger charge is -2.32. The number of benzene rings is 1. The van der Waals surface area contributed by atoms with Gasteiger partial charge < -0.3 is 4.67 Å². The molecule has 0 heterocycles. The summed E-state index contributed by atoms with van der Waals surface area (Å²) in [6.45, 7) is 9.29. The second-order valence-electron chi connectivity index (χ2n) is 4.32. The van der Waals surface area contributed by atoms with Gasteiger partial charge in [0.2, 0.25) is 0 Å². The molecule has 0 aliphatic rings. The minimum Gasteiger partial charge on any atom is -0.353 e. The van der Waals surface area contributed by atoms with Crippen LogP contribution in [-0.2, 0) is 0 Å². The Labute approximate surface area is 116 Å². The smallest absolute Gasteiger partial charge is 0.0474 e. The molecule has 0 unspecified atom stereocenters. The molecular formula is C15H27NP2. The molecule has 0 amide bonds. The number of anilines is 1. The summed E-state index contributed by atoms with van der Waals surface area (Å²) < 4.78 is 2.56. The fourth-order valence-corrected chi connectivity index (χ4v) is 6.20. The summed E-state index contributed by atoms with van der Waals surface area (Å²) >= 11 is 0. The molecular weight excluding hydrogens is 256 g/mol. The molecule has 0 saturated carbocycles. The van der Waals surface area contributed by atoms with Gasteiger partial charge in [-0.2, -0.15) is 0 Å². The van der Waals surface area contributed by atoms with Crippen LogP contribution in [0.15, 0.2) is 24.3 Å². The molecule has 0 bridgehead atoms. The highest BCUT2D eigenvalue weighted by atomic mass is 31.1. The third-order valence-corrected chi connectivity index (χ3v) is 8.60. The van der Waals surface area contributed by atoms with Gasteiger partial charge in [-0.25, -0.2) is 0 Å². The van der Waals surface area contributed by atoms with E-state index in [-0.39, 0.29) is 16.0 Å². The van der Waals surface area contributed by atoms with Crippen LogP contribution in [0.1, 0.15) is 27.7 Å². The van der Waals surface area contributed by atoms with E-state index in [9.17, 15) is 0 Å². The first-order chi connectivity index (χ1) is 8.69. The highest BCUT2D eigenvalue weighted by Crippen LogP contribution is 2.44. The van der Waals surface area contributed by atoms with E-state index in [2.05, 4.69) is 63.7 Å². The minimum absolute atomic E-state index is 0.00101. The van der Waals surface area contributed by atoms with Gasteiger partial charge in [-0.3, -0.25) is 0 Å². The zero-order valence-corrected chi connectivity index (χ0v) is 14.3. The van der Waals surface area contributed by atoms with Crippen molar-refractivity contribution in [1.82, 2.24) is 0 Å². The van der Waals surface area contributed by atoms with Gasteiger partial charge in [0, 0.05) is 12.7 Å².